The van der Waals surface area contributed by atoms with E-state index in [2.05, 4.69) is 5.32 Å². The van der Waals surface area contributed by atoms with Gasteiger partial charge >= 0.3 is 0 Å². The highest BCUT2D eigenvalue weighted by atomic mass is 35.5. The molecule has 0 heterocycles. The number of carbonyl (C=O) groups excluding carboxylic acids is 1. The molecule has 1 atom stereocenters. The summed E-state index contributed by atoms with van der Waals surface area (Å²) in [4.78, 5) is 14.0. The molecule has 116 valence electrons. The molecular formula is C16H22ClFN2O. The van der Waals surface area contributed by atoms with Crippen LogP contribution in [0.15, 0.2) is 18.2 Å². The molecular weight excluding hydrogens is 291 g/mol. The number of benzene rings is 1. The molecule has 5 heteroatoms. The fourth-order valence-corrected chi connectivity index (χ4v) is 2.88. The van der Waals surface area contributed by atoms with Gasteiger partial charge in [0.2, 0.25) is 5.91 Å². The SMILES string of the molecule is C[C@H](C(=O)NC1CCCC1)N(C)Cc1c(F)cccc1Cl. The van der Waals surface area contributed by atoms with Crippen LogP contribution in [0.1, 0.15) is 38.2 Å². The van der Waals surface area contributed by atoms with Crippen LogP contribution in [0.4, 0.5) is 4.39 Å². The summed E-state index contributed by atoms with van der Waals surface area (Å²) in [6.45, 7) is 2.14. The van der Waals surface area contributed by atoms with Gasteiger partial charge in [-0.1, -0.05) is 30.5 Å². The van der Waals surface area contributed by atoms with Gasteiger partial charge in [-0.25, -0.2) is 4.39 Å². The van der Waals surface area contributed by atoms with Gasteiger partial charge in [-0.05, 0) is 38.9 Å². The lowest BCUT2D eigenvalue weighted by molar-refractivity contribution is -0.126. The van der Waals surface area contributed by atoms with E-state index < -0.39 is 0 Å². The Kier molecular flexibility index (Phi) is 5.59. The van der Waals surface area contributed by atoms with Gasteiger partial charge in [-0.3, -0.25) is 9.69 Å². The third-order valence-corrected chi connectivity index (χ3v) is 4.57. The number of amides is 1. The minimum Gasteiger partial charge on any atom is -0.352 e. The van der Waals surface area contributed by atoms with E-state index in [9.17, 15) is 9.18 Å². The second-order valence-electron chi connectivity index (χ2n) is 5.78. The summed E-state index contributed by atoms with van der Waals surface area (Å²) in [6.07, 6.45) is 4.47. The molecule has 0 spiro atoms. The molecule has 1 aromatic carbocycles. The summed E-state index contributed by atoms with van der Waals surface area (Å²) in [5.74, 6) is -0.338. The van der Waals surface area contributed by atoms with Crippen LogP contribution in [0.25, 0.3) is 0 Å². The maximum atomic E-state index is 13.8. The highest BCUT2D eigenvalue weighted by Crippen LogP contribution is 2.21. The van der Waals surface area contributed by atoms with E-state index in [4.69, 9.17) is 11.6 Å². The fraction of sp³-hybridized carbons (Fsp3) is 0.562. The number of nitrogens with one attached hydrogen (secondary N) is 1. The van der Waals surface area contributed by atoms with Gasteiger partial charge < -0.3 is 5.32 Å². The molecule has 1 aliphatic carbocycles. The summed E-state index contributed by atoms with van der Waals surface area (Å²) in [5.41, 5.74) is 0.433. The predicted molar refractivity (Wildman–Crippen MR) is 82.7 cm³/mol. The van der Waals surface area contributed by atoms with Crippen LogP contribution in [0.2, 0.25) is 5.02 Å². The van der Waals surface area contributed by atoms with E-state index in [1.807, 2.05) is 18.9 Å². The third kappa shape index (κ3) is 4.17. The van der Waals surface area contributed by atoms with Crippen molar-refractivity contribution in [2.75, 3.05) is 7.05 Å². The topological polar surface area (TPSA) is 32.3 Å². The molecule has 1 saturated carbocycles. The minimum atomic E-state index is -0.335. The predicted octanol–water partition coefficient (Wildman–Crippen LogP) is 3.36. The molecule has 0 aliphatic heterocycles. The molecule has 3 nitrogen and oxygen atoms in total. The average molecular weight is 313 g/mol. The van der Waals surface area contributed by atoms with Crippen LogP contribution in [0.5, 0.6) is 0 Å². The van der Waals surface area contributed by atoms with Crippen molar-refractivity contribution < 1.29 is 9.18 Å². The van der Waals surface area contributed by atoms with Crippen molar-refractivity contribution in [1.29, 1.82) is 0 Å². The van der Waals surface area contributed by atoms with Crippen molar-refractivity contribution in [2.24, 2.45) is 0 Å². The second-order valence-corrected chi connectivity index (χ2v) is 6.19. The van der Waals surface area contributed by atoms with Crippen molar-refractivity contribution in [1.82, 2.24) is 10.2 Å². The molecule has 0 unspecified atom stereocenters. The Balaban J connectivity index is 1.95. The molecule has 1 N–H and O–H groups in total. The molecule has 1 amide bonds. The molecule has 1 aliphatic rings. The Labute approximate surface area is 130 Å². The van der Waals surface area contributed by atoms with Crippen molar-refractivity contribution >= 4 is 17.5 Å². The first kappa shape index (κ1) is 16.2. The first-order chi connectivity index (χ1) is 9.99. The van der Waals surface area contributed by atoms with Crippen LogP contribution in [-0.4, -0.2) is 29.9 Å². The Morgan fingerprint density at radius 3 is 2.76 bits per heavy atom. The molecule has 0 aromatic heterocycles. The van der Waals surface area contributed by atoms with Gasteiger partial charge in [0.1, 0.15) is 5.82 Å². The van der Waals surface area contributed by atoms with E-state index in [1.54, 1.807) is 12.1 Å². The lowest BCUT2D eigenvalue weighted by Crippen LogP contribution is -2.46. The smallest absolute Gasteiger partial charge is 0.237 e. The molecule has 0 radical (unpaired) electrons. The van der Waals surface area contributed by atoms with Gasteiger partial charge in [-0.15, -0.1) is 0 Å². The second kappa shape index (κ2) is 7.23. The molecule has 21 heavy (non-hydrogen) atoms. The van der Waals surface area contributed by atoms with Crippen LogP contribution in [0, 0.1) is 5.82 Å². The van der Waals surface area contributed by atoms with Crippen molar-refractivity contribution in [2.45, 2.75) is 51.2 Å². The van der Waals surface area contributed by atoms with Gasteiger partial charge in [0.25, 0.3) is 0 Å². The zero-order valence-electron chi connectivity index (χ0n) is 12.5. The number of hydrogen-bond donors (Lipinski definition) is 1. The first-order valence-electron chi connectivity index (χ1n) is 7.42. The lowest BCUT2D eigenvalue weighted by Gasteiger charge is -2.26. The van der Waals surface area contributed by atoms with E-state index in [1.165, 1.54) is 18.9 Å². The van der Waals surface area contributed by atoms with Crippen LogP contribution in [-0.2, 0) is 11.3 Å². The van der Waals surface area contributed by atoms with Crippen LogP contribution >= 0.6 is 11.6 Å². The average Bonchev–Trinajstić information content (AvgIpc) is 2.94. The van der Waals surface area contributed by atoms with E-state index in [-0.39, 0.29) is 17.8 Å². The molecule has 0 saturated heterocycles. The third-order valence-electron chi connectivity index (χ3n) is 4.21. The number of nitrogens with zero attached hydrogens (tertiary/aromatic N) is 1. The van der Waals surface area contributed by atoms with Crippen molar-refractivity contribution in [3.63, 3.8) is 0 Å². The summed E-state index contributed by atoms with van der Waals surface area (Å²) in [5, 5.41) is 3.46. The quantitative estimate of drug-likeness (QED) is 0.904. The van der Waals surface area contributed by atoms with Crippen molar-refractivity contribution in [3.8, 4) is 0 Å². The molecule has 2 rings (SSSR count). The maximum absolute atomic E-state index is 13.8. The standard InChI is InChI=1S/C16H22ClFN2O/c1-11(16(21)19-12-6-3-4-7-12)20(2)10-13-14(17)8-5-9-15(13)18/h5,8-9,11-12H,3-4,6-7,10H2,1-2H3,(H,19,21)/t11-/m1/s1. The monoisotopic (exact) mass is 312 g/mol. The highest BCUT2D eigenvalue weighted by Gasteiger charge is 2.24. The summed E-state index contributed by atoms with van der Waals surface area (Å²) < 4.78 is 13.8. The Morgan fingerprint density at radius 1 is 1.48 bits per heavy atom. The first-order valence-corrected chi connectivity index (χ1v) is 7.80. The number of halogens is 2. The Hall–Kier alpha value is -1.13. The van der Waals surface area contributed by atoms with Gasteiger partial charge in [0.05, 0.1) is 6.04 Å². The Morgan fingerprint density at radius 2 is 2.14 bits per heavy atom. The van der Waals surface area contributed by atoms with Gasteiger partial charge in [0.15, 0.2) is 0 Å². The number of likely N-dealkylation sites (N-methyl/N-ethyl adjacent to an activating group) is 1. The van der Waals surface area contributed by atoms with Crippen LogP contribution < -0.4 is 5.32 Å². The summed E-state index contributed by atoms with van der Waals surface area (Å²) in [6, 6.07) is 4.61. The van der Waals surface area contributed by atoms with E-state index in [0.29, 0.717) is 23.2 Å². The molecule has 1 fully saturated rings. The number of hydrogen-bond acceptors (Lipinski definition) is 2. The Bertz CT molecular complexity index is 483. The summed E-state index contributed by atoms with van der Waals surface area (Å²) >= 11 is 6.03. The highest BCUT2D eigenvalue weighted by molar-refractivity contribution is 6.31. The zero-order chi connectivity index (χ0) is 15.4. The molecule has 1 aromatic rings. The summed E-state index contributed by atoms with van der Waals surface area (Å²) in [7, 11) is 1.81. The van der Waals surface area contributed by atoms with E-state index >= 15 is 0 Å². The van der Waals surface area contributed by atoms with Crippen molar-refractivity contribution in [3.05, 3.63) is 34.6 Å². The molecule has 0 bridgehead atoms. The lowest BCUT2D eigenvalue weighted by atomic mass is 10.1. The maximum Gasteiger partial charge on any atom is 0.237 e. The van der Waals surface area contributed by atoms with Gasteiger partial charge in [-0.2, -0.15) is 0 Å². The minimum absolute atomic E-state index is 0.00291. The van der Waals surface area contributed by atoms with Gasteiger partial charge in [0, 0.05) is 23.2 Å². The normalized spacial score (nSPS) is 17.2. The number of carbonyl (C=O) groups is 1. The fourth-order valence-electron chi connectivity index (χ4n) is 2.66. The largest absolute Gasteiger partial charge is 0.352 e. The van der Waals surface area contributed by atoms with Crippen LogP contribution in [0.3, 0.4) is 0 Å². The number of rotatable bonds is 5. The zero-order valence-corrected chi connectivity index (χ0v) is 13.3. The van der Waals surface area contributed by atoms with E-state index in [0.717, 1.165) is 12.8 Å².